The molecule has 0 spiro atoms. The van der Waals surface area contributed by atoms with Crippen molar-refractivity contribution in [3.8, 4) is 11.5 Å². The van der Waals surface area contributed by atoms with Crippen molar-refractivity contribution in [1.82, 2.24) is 10.1 Å². The van der Waals surface area contributed by atoms with Gasteiger partial charge in [0.05, 0.1) is 16.3 Å². The molecule has 0 radical (unpaired) electrons. The minimum absolute atomic E-state index is 0.247. The van der Waals surface area contributed by atoms with Crippen molar-refractivity contribution in [2.45, 2.75) is 6.42 Å². The number of aromatic nitrogens is 2. The van der Waals surface area contributed by atoms with Crippen LogP contribution < -0.4 is 5.73 Å². The number of hydrogen-bond donors (Lipinski definition) is 1. The molecule has 21 heavy (non-hydrogen) atoms. The van der Waals surface area contributed by atoms with Crippen molar-refractivity contribution in [3.05, 3.63) is 64.7 Å². The fourth-order valence-electron chi connectivity index (χ4n) is 1.97. The number of halogens is 2. The normalized spacial score (nSPS) is 10.8. The molecule has 0 amide bonds. The van der Waals surface area contributed by atoms with Crippen molar-refractivity contribution in [2.24, 2.45) is 0 Å². The van der Waals surface area contributed by atoms with Gasteiger partial charge in [0.15, 0.2) is 5.82 Å². The van der Waals surface area contributed by atoms with Gasteiger partial charge in [-0.2, -0.15) is 4.98 Å². The summed E-state index contributed by atoms with van der Waals surface area (Å²) in [5, 5.41) is 4.27. The smallest absolute Gasteiger partial charge is 0.260 e. The van der Waals surface area contributed by atoms with Gasteiger partial charge in [-0.1, -0.05) is 41.0 Å². The van der Waals surface area contributed by atoms with Crippen LogP contribution in [0.4, 0.5) is 10.1 Å². The molecule has 1 heterocycles. The molecular formula is C15H11ClFN3O. The summed E-state index contributed by atoms with van der Waals surface area (Å²) >= 11 is 5.96. The molecule has 4 nitrogen and oxygen atoms in total. The van der Waals surface area contributed by atoms with Gasteiger partial charge in [-0.05, 0) is 23.8 Å². The van der Waals surface area contributed by atoms with Crippen LogP contribution in [0, 0.1) is 5.82 Å². The lowest BCUT2D eigenvalue weighted by Gasteiger charge is -2.01. The SMILES string of the molecule is Nc1c(Cl)cccc1-c1nc(Cc2ccccc2F)no1. The largest absolute Gasteiger partial charge is 0.397 e. The zero-order chi connectivity index (χ0) is 14.8. The predicted octanol–water partition coefficient (Wildman–Crippen LogP) is 3.70. The number of nitrogens with zero attached hydrogens (tertiary/aromatic N) is 2. The van der Waals surface area contributed by atoms with Crippen LogP contribution in [-0.2, 0) is 6.42 Å². The maximum atomic E-state index is 13.6. The first-order valence-electron chi connectivity index (χ1n) is 6.25. The molecule has 2 aromatic carbocycles. The van der Waals surface area contributed by atoms with E-state index >= 15 is 0 Å². The second kappa shape index (κ2) is 5.54. The minimum Gasteiger partial charge on any atom is -0.397 e. The van der Waals surface area contributed by atoms with Gasteiger partial charge in [-0.25, -0.2) is 4.39 Å². The highest BCUT2D eigenvalue weighted by Gasteiger charge is 2.14. The highest BCUT2D eigenvalue weighted by Crippen LogP contribution is 2.30. The summed E-state index contributed by atoms with van der Waals surface area (Å²) in [6.45, 7) is 0. The van der Waals surface area contributed by atoms with Gasteiger partial charge in [-0.3, -0.25) is 0 Å². The third kappa shape index (κ3) is 2.73. The summed E-state index contributed by atoms with van der Waals surface area (Å²) in [7, 11) is 0. The van der Waals surface area contributed by atoms with Gasteiger partial charge in [0, 0.05) is 6.42 Å². The van der Waals surface area contributed by atoms with Gasteiger partial charge in [0.25, 0.3) is 5.89 Å². The maximum Gasteiger partial charge on any atom is 0.260 e. The molecule has 3 rings (SSSR count). The zero-order valence-electron chi connectivity index (χ0n) is 10.9. The molecule has 0 aliphatic rings. The van der Waals surface area contributed by atoms with Crippen LogP contribution in [0.1, 0.15) is 11.4 Å². The van der Waals surface area contributed by atoms with E-state index in [1.54, 1.807) is 36.4 Å². The molecule has 0 bridgehead atoms. The second-order valence-corrected chi connectivity index (χ2v) is 4.89. The maximum absolute atomic E-state index is 13.6. The lowest BCUT2D eigenvalue weighted by atomic mass is 10.1. The van der Waals surface area contributed by atoms with Crippen LogP contribution in [0.15, 0.2) is 47.0 Å². The van der Waals surface area contributed by atoms with Crippen molar-refractivity contribution in [1.29, 1.82) is 0 Å². The number of rotatable bonds is 3. The Morgan fingerprint density at radius 3 is 2.76 bits per heavy atom. The van der Waals surface area contributed by atoms with E-state index < -0.39 is 0 Å². The molecule has 0 aliphatic carbocycles. The van der Waals surface area contributed by atoms with Crippen LogP contribution >= 0.6 is 11.6 Å². The average molecular weight is 304 g/mol. The number of nitrogen functional groups attached to an aromatic ring is 1. The first kappa shape index (κ1) is 13.6. The molecule has 0 saturated carbocycles. The zero-order valence-corrected chi connectivity index (χ0v) is 11.6. The van der Waals surface area contributed by atoms with Crippen LogP contribution in [0.3, 0.4) is 0 Å². The third-order valence-electron chi connectivity index (χ3n) is 3.06. The van der Waals surface area contributed by atoms with Crippen LogP contribution in [0.25, 0.3) is 11.5 Å². The van der Waals surface area contributed by atoms with E-state index in [1.165, 1.54) is 6.07 Å². The first-order valence-corrected chi connectivity index (χ1v) is 6.63. The quantitative estimate of drug-likeness (QED) is 0.749. The number of anilines is 1. The number of nitrogens with two attached hydrogens (primary N) is 1. The Labute approximate surface area is 125 Å². The predicted molar refractivity (Wildman–Crippen MR) is 78.4 cm³/mol. The Kier molecular flexibility index (Phi) is 3.58. The van der Waals surface area contributed by atoms with Crippen molar-refractivity contribution >= 4 is 17.3 Å². The molecule has 0 aliphatic heterocycles. The molecule has 0 atom stereocenters. The summed E-state index contributed by atoms with van der Waals surface area (Å²) in [5.41, 5.74) is 7.32. The standard InChI is InChI=1S/C15H11ClFN3O/c16-11-6-3-5-10(14(11)18)15-19-13(20-21-15)8-9-4-1-2-7-12(9)17/h1-7H,8,18H2. The monoisotopic (exact) mass is 303 g/mol. The summed E-state index contributed by atoms with van der Waals surface area (Å²) in [4.78, 5) is 4.24. The molecule has 3 aromatic rings. The molecule has 0 fully saturated rings. The number of benzene rings is 2. The van der Waals surface area contributed by atoms with Crippen LogP contribution in [0.5, 0.6) is 0 Å². The molecular weight excluding hydrogens is 293 g/mol. The van der Waals surface area contributed by atoms with E-state index in [4.69, 9.17) is 21.9 Å². The van der Waals surface area contributed by atoms with Gasteiger partial charge in [0.2, 0.25) is 0 Å². The van der Waals surface area contributed by atoms with E-state index in [1.807, 2.05) is 0 Å². The lowest BCUT2D eigenvalue weighted by Crippen LogP contribution is -1.95. The highest BCUT2D eigenvalue weighted by atomic mass is 35.5. The van der Waals surface area contributed by atoms with Crippen LogP contribution in [-0.4, -0.2) is 10.1 Å². The second-order valence-electron chi connectivity index (χ2n) is 4.49. The van der Waals surface area contributed by atoms with E-state index in [2.05, 4.69) is 10.1 Å². The van der Waals surface area contributed by atoms with Crippen LogP contribution in [0.2, 0.25) is 5.02 Å². The Balaban J connectivity index is 1.90. The topological polar surface area (TPSA) is 64.9 Å². The fraction of sp³-hybridized carbons (Fsp3) is 0.0667. The number of hydrogen-bond acceptors (Lipinski definition) is 4. The summed E-state index contributed by atoms with van der Waals surface area (Å²) in [5.74, 6) is 0.349. The molecule has 6 heteroatoms. The third-order valence-corrected chi connectivity index (χ3v) is 3.39. The Morgan fingerprint density at radius 1 is 1.14 bits per heavy atom. The summed E-state index contributed by atoms with van der Waals surface area (Å²) in [6.07, 6.45) is 0.247. The number of para-hydroxylation sites is 1. The Hall–Kier alpha value is -2.40. The minimum atomic E-state index is -0.300. The highest BCUT2D eigenvalue weighted by molar-refractivity contribution is 6.33. The molecule has 106 valence electrons. The first-order chi connectivity index (χ1) is 10.1. The van der Waals surface area contributed by atoms with E-state index in [-0.39, 0.29) is 18.1 Å². The van der Waals surface area contributed by atoms with Gasteiger partial charge >= 0.3 is 0 Å². The van der Waals surface area contributed by atoms with E-state index in [0.29, 0.717) is 27.7 Å². The lowest BCUT2D eigenvalue weighted by molar-refractivity contribution is 0.423. The molecule has 2 N–H and O–H groups in total. The summed E-state index contributed by atoms with van der Waals surface area (Å²) in [6, 6.07) is 11.6. The molecule has 1 aromatic heterocycles. The average Bonchev–Trinajstić information content (AvgIpc) is 2.93. The van der Waals surface area contributed by atoms with Gasteiger partial charge in [-0.15, -0.1) is 0 Å². The Bertz CT molecular complexity index is 788. The summed E-state index contributed by atoms with van der Waals surface area (Å²) < 4.78 is 18.8. The van der Waals surface area contributed by atoms with E-state index in [0.717, 1.165) is 0 Å². The van der Waals surface area contributed by atoms with Gasteiger partial charge in [0.1, 0.15) is 5.82 Å². The van der Waals surface area contributed by atoms with Crippen molar-refractivity contribution in [3.63, 3.8) is 0 Å². The fourth-order valence-corrected chi connectivity index (χ4v) is 2.15. The van der Waals surface area contributed by atoms with Crippen molar-refractivity contribution < 1.29 is 8.91 Å². The molecule has 0 unspecified atom stereocenters. The Morgan fingerprint density at radius 2 is 1.95 bits per heavy atom. The van der Waals surface area contributed by atoms with Gasteiger partial charge < -0.3 is 10.3 Å². The van der Waals surface area contributed by atoms with Crippen molar-refractivity contribution in [2.75, 3.05) is 5.73 Å². The van der Waals surface area contributed by atoms with E-state index in [9.17, 15) is 4.39 Å². The molecule has 0 saturated heterocycles.